The van der Waals surface area contributed by atoms with Gasteiger partial charge in [0, 0.05) is 11.8 Å². The van der Waals surface area contributed by atoms with Gasteiger partial charge in [-0.3, -0.25) is 9.79 Å². The number of nitrogens with one attached hydrogen (secondary N) is 1. The van der Waals surface area contributed by atoms with Gasteiger partial charge in [0.05, 0.1) is 37.7 Å². The van der Waals surface area contributed by atoms with Crippen molar-refractivity contribution >= 4 is 18.0 Å². The number of aliphatic imine (C=N–C) groups is 1. The van der Waals surface area contributed by atoms with Crippen LogP contribution in [-0.4, -0.2) is 56.7 Å². The molecule has 1 aromatic carbocycles. The van der Waals surface area contributed by atoms with Crippen LogP contribution in [0.2, 0.25) is 0 Å². The van der Waals surface area contributed by atoms with Crippen LogP contribution in [0.5, 0.6) is 0 Å². The highest BCUT2D eigenvalue weighted by atomic mass is 16.5. The van der Waals surface area contributed by atoms with Gasteiger partial charge in [-0.15, -0.1) is 0 Å². The van der Waals surface area contributed by atoms with Crippen LogP contribution in [0.4, 0.5) is 0 Å². The second-order valence-corrected chi connectivity index (χ2v) is 6.10. The Hall–Kier alpha value is -2.85. The number of benzene rings is 1. The Balaban J connectivity index is 2.91. The van der Waals surface area contributed by atoms with Crippen molar-refractivity contribution in [1.82, 2.24) is 4.98 Å². The maximum absolute atomic E-state index is 12.5. The number of carbonyl (C=O) groups is 2. The normalized spacial score (nSPS) is 11.2. The highest BCUT2D eigenvalue weighted by Crippen LogP contribution is 2.36. The molecule has 1 heterocycles. The number of hydrogen-bond acceptors (Lipinski definition) is 8. The molecule has 2 aromatic rings. The largest absolute Gasteiger partial charge is 0.461 e. The van der Waals surface area contributed by atoms with Crippen molar-refractivity contribution in [3.63, 3.8) is 0 Å². The van der Waals surface area contributed by atoms with Gasteiger partial charge in [-0.05, 0) is 36.1 Å². The minimum atomic E-state index is -0.734. The molecule has 1 aromatic heterocycles. The number of aliphatic hydroxyl groups excluding tert-OH is 4. The molecule has 9 nitrogen and oxygen atoms in total. The summed E-state index contributed by atoms with van der Waals surface area (Å²) in [7, 11) is 0. The molecule has 0 spiro atoms. The van der Waals surface area contributed by atoms with Gasteiger partial charge < -0.3 is 30.1 Å². The van der Waals surface area contributed by atoms with Gasteiger partial charge in [-0.25, -0.2) is 4.79 Å². The molecule has 0 unspecified atom stereocenters. The summed E-state index contributed by atoms with van der Waals surface area (Å²) in [6.45, 7) is 1.25. The summed E-state index contributed by atoms with van der Waals surface area (Å²) in [5.41, 5.74) is 1.93. The van der Waals surface area contributed by atoms with Gasteiger partial charge in [0.1, 0.15) is 12.4 Å². The lowest BCUT2D eigenvalue weighted by Gasteiger charge is -2.16. The van der Waals surface area contributed by atoms with Crippen LogP contribution < -0.4 is 0 Å². The first kappa shape index (κ1) is 22.4. The second-order valence-electron chi connectivity index (χ2n) is 6.10. The van der Waals surface area contributed by atoms with Gasteiger partial charge in [0.25, 0.3) is 0 Å². The Bertz CT molecular complexity index is 931. The number of aromatic nitrogens is 1. The summed E-state index contributed by atoms with van der Waals surface area (Å²) >= 11 is 0. The SMILES string of the molecule is CCOC(=O)c1[nH]c(/C=N/CO)c(-c2ccc(CO)c(CO)c2CO)c1C(C)=O. The highest BCUT2D eigenvalue weighted by Gasteiger charge is 2.28. The third-order valence-corrected chi connectivity index (χ3v) is 4.45. The predicted molar refractivity (Wildman–Crippen MR) is 105 cm³/mol. The second kappa shape index (κ2) is 10.1. The van der Waals surface area contributed by atoms with E-state index in [4.69, 9.17) is 9.84 Å². The number of hydrogen-bond donors (Lipinski definition) is 5. The summed E-state index contributed by atoms with van der Waals surface area (Å²) in [5.74, 6) is -1.16. The van der Waals surface area contributed by atoms with Gasteiger partial charge in [-0.2, -0.15) is 0 Å². The zero-order chi connectivity index (χ0) is 21.6. The predicted octanol–water partition coefficient (Wildman–Crippen LogP) is 0.907. The number of ketones is 1. The van der Waals surface area contributed by atoms with E-state index in [0.29, 0.717) is 22.3 Å². The molecule has 0 amide bonds. The van der Waals surface area contributed by atoms with Gasteiger partial charge >= 0.3 is 5.97 Å². The molecule has 0 atom stereocenters. The fourth-order valence-electron chi connectivity index (χ4n) is 3.24. The number of aliphatic hydroxyl groups is 4. The number of H-pyrrole nitrogens is 1. The summed E-state index contributed by atoms with van der Waals surface area (Å²) in [6, 6.07) is 3.14. The Morgan fingerprint density at radius 2 is 1.79 bits per heavy atom. The molecule has 156 valence electrons. The molecule has 5 N–H and O–H groups in total. The van der Waals surface area contributed by atoms with E-state index in [1.54, 1.807) is 19.1 Å². The molecule has 0 aliphatic carbocycles. The average Bonchev–Trinajstić information content (AvgIpc) is 3.10. The van der Waals surface area contributed by atoms with Crippen LogP contribution in [0.25, 0.3) is 11.1 Å². The molecule has 0 aliphatic heterocycles. The molecule has 9 heteroatoms. The van der Waals surface area contributed by atoms with Crippen molar-refractivity contribution in [2.75, 3.05) is 13.3 Å². The molecule has 0 aliphatic rings. The Kier molecular flexibility index (Phi) is 7.80. The summed E-state index contributed by atoms with van der Waals surface area (Å²) in [6.07, 6.45) is 1.27. The highest BCUT2D eigenvalue weighted by molar-refractivity contribution is 6.13. The van der Waals surface area contributed by atoms with E-state index in [2.05, 4.69) is 9.98 Å². The van der Waals surface area contributed by atoms with E-state index in [-0.39, 0.29) is 35.7 Å². The van der Waals surface area contributed by atoms with E-state index < -0.39 is 31.7 Å². The van der Waals surface area contributed by atoms with Crippen molar-refractivity contribution < 1.29 is 34.8 Å². The minimum Gasteiger partial charge on any atom is -0.461 e. The van der Waals surface area contributed by atoms with Crippen molar-refractivity contribution in [3.8, 4) is 11.1 Å². The van der Waals surface area contributed by atoms with Gasteiger partial charge in [-0.1, -0.05) is 12.1 Å². The van der Waals surface area contributed by atoms with Crippen LogP contribution in [0.3, 0.4) is 0 Å². The quantitative estimate of drug-likeness (QED) is 0.236. The third kappa shape index (κ3) is 4.43. The molecule has 29 heavy (non-hydrogen) atoms. The summed E-state index contributed by atoms with van der Waals surface area (Å²) < 4.78 is 5.03. The third-order valence-electron chi connectivity index (χ3n) is 4.45. The Labute approximate surface area is 167 Å². The topological polar surface area (TPSA) is 152 Å². The maximum atomic E-state index is 12.5. The number of carbonyl (C=O) groups excluding carboxylic acids is 2. The Morgan fingerprint density at radius 1 is 1.10 bits per heavy atom. The van der Waals surface area contributed by atoms with Crippen LogP contribution in [0.15, 0.2) is 17.1 Å². The summed E-state index contributed by atoms with van der Waals surface area (Å²) in [4.78, 5) is 31.4. The van der Waals surface area contributed by atoms with Crippen molar-refractivity contribution in [2.45, 2.75) is 33.7 Å². The lowest BCUT2D eigenvalue weighted by molar-refractivity contribution is 0.0517. The van der Waals surface area contributed by atoms with Crippen molar-refractivity contribution in [2.24, 2.45) is 4.99 Å². The molecule has 0 bridgehead atoms. The maximum Gasteiger partial charge on any atom is 0.355 e. The lowest BCUT2D eigenvalue weighted by Crippen LogP contribution is -2.10. The van der Waals surface area contributed by atoms with E-state index in [1.165, 1.54) is 13.1 Å². The smallest absolute Gasteiger partial charge is 0.355 e. The van der Waals surface area contributed by atoms with E-state index in [9.17, 15) is 24.9 Å². The van der Waals surface area contributed by atoms with E-state index in [1.807, 2.05) is 0 Å². The molecule has 0 fully saturated rings. The zero-order valence-electron chi connectivity index (χ0n) is 16.2. The molecule has 0 saturated carbocycles. The fourth-order valence-corrected chi connectivity index (χ4v) is 3.24. The van der Waals surface area contributed by atoms with Crippen LogP contribution >= 0.6 is 0 Å². The van der Waals surface area contributed by atoms with E-state index >= 15 is 0 Å². The number of aromatic amines is 1. The monoisotopic (exact) mass is 404 g/mol. The van der Waals surface area contributed by atoms with Crippen LogP contribution in [-0.2, 0) is 24.6 Å². The minimum absolute atomic E-state index is 0.0400. The number of rotatable bonds is 9. The van der Waals surface area contributed by atoms with Gasteiger partial charge in [0.15, 0.2) is 5.78 Å². The zero-order valence-corrected chi connectivity index (χ0v) is 16.2. The molecule has 2 rings (SSSR count). The standard InChI is InChI=1S/C20H24N2O7/c1-3-29-20(28)19-17(11(2)27)18(16(22-19)6-21-10-26)13-5-4-12(7-23)14(8-24)15(13)9-25/h4-6,22-26H,3,7-10H2,1-2H3/b21-6+. The Morgan fingerprint density at radius 3 is 2.31 bits per heavy atom. The van der Waals surface area contributed by atoms with Gasteiger partial charge in [0.2, 0.25) is 0 Å². The molecular formula is C20H24N2O7. The van der Waals surface area contributed by atoms with Crippen LogP contribution in [0.1, 0.15) is 57.1 Å². The molecule has 0 saturated heterocycles. The lowest BCUT2D eigenvalue weighted by atomic mass is 9.89. The van der Waals surface area contributed by atoms with E-state index in [0.717, 1.165) is 0 Å². The molecular weight excluding hydrogens is 380 g/mol. The average molecular weight is 404 g/mol. The number of ether oxygens (including phenoxy) is 1. The first-order chi connectivity index (χ1) is 13.9. The fraction of sp³-hybridized carbons (Fsp3) is 0.350. The molecule has 0 radical (unpaired) electrons. The van der Waals surface area contributed by atoms with Crippen molar-refractivity contribution in [1.29, 1.82) is 0 Å². The number of nitrogens with zero attached hydrogens (tertiary/aromatic N) is 1. The first-order valence-corrected chi connectivity index (χ1v) is 8.96. The first-order valence-electron chi connectivity index (χ1n) is 8.96. The van der Waals surface area contributed by atoms with Crippen molar-refractivity contribution in [3.05, 3.63) is 45.8 Å². The summed E-state index contributed by atoms with van der Waals surface area (Å²) in [5, 5.41) is 38.3. The number of Topliss-reactive ketones (excluding diaryl/α,β-unsaturated/α-hetero) is 1. The van der Waals surface area contributed by atoms with Crippen LogP contribution in [0, 0.1) is 0 Å². The number of esters is 1.